The fourth-order valence-corrected chi connectivity index (χ4v) is 2.69. The molecule has 0 unspecified atom stereocenters. The van der Waals surface area contributed by atoms with Crippen molar-refractivity contribution in [3.8, 4) is 11.4 Å². The van der Waals surface area contributed by atoms with Gasteiger partial charge in [-0.15, -0.1) is 5.10 Å². The van der Waals surface area contributed by atoms with Crippen LogP contribution in [0.3, 0.4) is 0 Å². The van der Waals surface area contributed by atoms with Crippen molar-refractivity contribution >= 4 is 0 Å². The Bertz CT molecular complexity index is 647. The predicted octanol–water partition coefficient (Wildman–Crippen LogP) is 2.84. The van der Waals surface area contributed by atoms with Gasteiger partial charge in [-0.1, -0.05) is 17.7 Å². The van der Waals surface area contributed by atoms with Crippen LogP contribution in [0.25, 0.3) is 11.4 Å². The first-order valence-electron chi connectivity index (χ1n) is 7.69. The molecule has 3 rings (SSSR count). The number of hydrogen-bond donors (Lipinski definition) is 0. The minimum absolute atomic E-state index is 0.184. The maximum atomic E-state index is 12.7. The molecule has 0 aliphatic carbocycles. The standard InChI is InChI=1S/C15H18F3N5/c16-15(17,18)14-6-4-5-12(19-14)13-11-23(21-20-13)10-9-22-7-2-1-3-8-22/h4-6,11H,1-3,7-10H2. The van der Waals surface area contributed by atoms with Crippen molar-refractivity contribution in [3.05, 3.63) is 30.1 Å². The molecule has 1 fully saturated rings. The number of nitrogens with zero attached hydrogens (tertiary/aromatic N) is 5. The molecule has 124 valence electrons. The first kappa shape index (κ1) is 15.9. The summed E-state index contributed by atoms with van der Waals surface area (Å²) < 4.78 is 39.8. The molecule has 1 aliphatic rings. The van der Waals surface area contributed by atoms with Gasteiger partial charge in [0.15, 0.2) is 0 Å². The number of aromatic nitrogens is 4. The van der Waals surface area contributed by atoms with Gasteiger partial charge in [0.2, 0.25) is 0 Å². The van der Waals surface area contributed by atoms with Gasteiger partial charge in [-0.3, -0.25) is 4.68 Å². The van der Waals surface area contributed by atoms with Crippen LogP contribution < -0.4 is 0 Å². The molecule has 5 nitrogen and oxygen atoms in total. The Kier molecular flexibility index (Phi) is 4.61. The first-order chi connectivity index (χ1) is 11.0. The van der Waals surface area contributed by atoms with Crippen molar-refractivity contribution in [2.45, 2.75) is 32.0 Å². The van der Waals surface area contributed by atoms with Crippen LogP contribution in [0.4, 0.5) is 13.2 Å². The molecular formula is C15H18F3N5. The summed E-state index contributed by atoms with van der Waals surface area (Å²) in [6.45, 7) is 3.73. The molecule has 2 aromatic rings. The Morgan fingerprint density at radius 2 is 1.78 bits per heavy atom. The quantitative estimate of drug-likeness (QED) is 0.867. The lowest BCUT2D eigenvalue weighted by molar-refractivity contribution is -0.141. The number of halogens is 3. The highest BCUT2D eigenvalue weighted by Crippen LogP contribution is 2.28. The van der Waals surface area contributed by atoms with Gasteiger partial charge in [0.1, 0.15) is 11.4 Å². The van der Waals surface area contributed by atoms with Gasteiger partial charge in [0.25, 0.3) is 0 Å². The topological polar surface area (TPSA) is 46.8 Å². The second kappa shape index (κ2) is 6.66. The van der Waals surface area contributed by atoms with Crippen LogP contribution in [0, 0.1) is 0 Å². The van der Waals surface area contributed by atoms with Crippen LogP contribution in [0.5, 0.6) is 0 Å². The van der Waals surface area contributed by atoms with E-state index < -0.39 is 11.9 Å². The van der Waals surface area contributed by atoms with E-state index in [4.69, 9.17) is 0 Å². The van der Waals surface area contributed by atoms with E-state index in [1.807, 2.05) is 0 Å². The molecule has 3 heterocycles. The van der Waals surface area contributed by atoms with E-state index in [1.54, 1.807) is 10.9 Å². The number of pyridine rings is 1. The summed E-state index contributed by atoms with van der Waals surface area (Å²) >= 11 is 0. The highest BCUT2D eigenvalue weighted by molar-refractivity contribution is 5.52. The van der Waals surface area contributed by atoms with E-state index >= 15 is 0 Å². The van der Waals surface area contributed by atoms with Crippen LogP contribution in [-0.4, -0.2) is 44.5 Å². The molecule has 0 radical (unpaired) electrons. The van der Waals surface area contributed by atoms with Crippen LogP contribution >= 0.6 is 0 Å². The van der Waals surface area contributed by atoms with Gasteiger partial charge in [-0.05, 0) is 38.1 Å². The van der Waals surface area contributed by atoms with E-state index in [2.05, 4.69) is 20.2 Å². The van der Waals surface area contributed by atoms with Gasteiger partial charge in [0.05, 0.1) is 18.4 Å². The first-order valence-corrected chi connectivity index (χ1v) is 7.69. The lowest BCUT2D eigenvalue weighted by atomic mass is 10.1. The minimum Gasteiger partial charge on any atom is -0.301 e. The fourth-order valence-electron chi connectivity index (χ4n) is 2.69. The summed E-state index contributed by atoms with van der Waals surface area (Å²) in [5.41, 5.74) is -0.378. The predicted molar refractivity (Wildman–Crippen MR) is 78.5 cm³/mol. The smallest absolute Gasteiger partial charge is 0.301 e. The minimum atomic E-state index is -4.46. The number of likely N-dealkylation sites (tertiary alicyclic amines) is 1. The molecule has 0 atom stereocenters. The molecule has 1 aliphatic heterocycles. The zero-order valence-electron chi connectivity index (χ0n) is 12.6. The van der Waals surface area contributed by atoms with E-state index in [1.165, 1.54) is 31.4 Å². The summed E-state index contributed by atoms with van der Waals surface area (Å²) in [5, 5.41) is 7.93. The average Bonchev–Trinajstić information content (AvgIpc) is 3.02. The van der Waals surface area contributed by atoms with Gasteiger partial charge in [0, 0.05) is 6.54 Å². The summed E-state index contributed by atoms with van der Waals surface area (Å²) in [5.74, 6) is 0. The van der Waals surface area contributed by atoms with Gasteiger partial charge >= 0.3 is 6.18 Å². The molecule has 2 aromatic heterocycles. The SMILES string of the molecule is FC(F)(F)c1cccc(-c2cn(CCN3CCCCC3)nn2)n1. The molecule has 0 N–H and O–H groups in total. The van der Waals surface area contributed by atoms with E-state index in [0.717, 1.165) is 25.7 Å². The summed E-state index contributed by atoms with van der Waals surface area (Å²) in [4.78, 5) is 5.99. The van der Waals surface area contributed by atoms with E-state index in [9.17, 15) is 13.2 Å². The van der Waals surface area contributed by atoms with Crippen molar-refractivity contribution in [3.63, 3.8) is 0 Å². The fraction of sp³-hybridized carbons (Fsp3) is 0.533. The van der Waals surface area contributed by atoms with Crippen molar-refractivity contribution in [1.29, 1.82) is 0 Å². The Labute approximate surface area is 132 Å². The van der Waals surface area contributed by atoms with Crippen molar-refractivity contribution in [2.75, 3.05) is 19.6 Å². The van der Waals surface area contributed by atoms with Crippen LogP contribution in [0.1, 0.15) is 25.0 Å². The number of rotatable bonds is 4. The number of alkyl halides is 3. The average molecular weight is 325 g/mol. The molecule has 23 heavy (non-hydrogen) atoms. The lowest BCUT2D eigenvalue weighted by Gasteiger charge is -2.25. The van der Waals surface area contributed by atoms with Crippen molar-refractivity contribution in [1.82, 2.24) is 24.9 Å². The van der Waals surface area contributed by atoms with Crippen molar-refractivity contribution in [2.24, 2.45) is 0 Å². The van der Waals surface area contributed by atoms with Gasteiger partial charge in [-0.2, -0.15) is 13.2 Å². The Morgan fingerprint density at radius 1 is 1.00 bits per heavy atom. The normalized spacial score (nSPS) is 16.7. The second-order valence-electron chi connectivity index (χ2n) is 5.67. The van der Waals surface area contributed by atoms with E-state index in [-0.39, 0.29) is 5.69 Å². The summed E-state index contributed by atoms with van der Waals surface area (Å²) in [6, 6.07) is 3.79. The maximum absolute atomic E-state index is 12.7. The van der Waals surface area contributed by atoms with Gasteiger partial charge in [-0.25, -0.2) is 4.98 Å². The molecular weight excluding hydrogens is 307 g/mol. The van der Waals surface area contributed by atoms with Crippen LogP contribution in [0.15, 0.2) is 24.4 Å². The van der Waals surface area contributed by atoms with Gasteiger partial charge < -0.3 is 4.90 Å². The highest BCUT2D eigenvalue weighted by atomic mass is 19.4. The third kappa shape index (κ3) is 4.07. The molecule has 0 bridgehead atoms. The molecule has 1 saturated heterocycles. The Hall–Kier alpha value is -1.96. The third-order valence-corrected chi connectivity index (χ3v) is 3.93. The maximum Gasteiger partial charge on any atom is 0.433 e. The molecule has 8 heteroatoms. The van der Waals surface area contributed by atoms with Crippen molar-refractivity contribution < 1.29 is 13.2 Å². The lowest BCUT2D eigenvalue weighted by Crippen LogP contribution is -2.32. The Morgan fingerprint density at radius 3 is 2.52 bits per heavy atom. The third-order valence-electron chi connectivity index (χ3n) is 3.93. The zero-order chi connectivity index (χ0) is 16.3. The molecule has 0 aromatic carbocycles. The summed E-state index contributed by atoms with van der Waals surface area (Å²) in [7, 11) is 0. The number of piperidine rings is 1. The van der Waals surface area contributed by atoms with Crippen LogP contribution in [0.2, 0.25) is 0 Å². The molecule has 0 spiro atoms. The number of hydrogen-bond acceptors (Lipinski definition) is 4. The second-order valence-corrected chi connectivity index (χ2v) is 5.67. The van der Waals surface area contributed by atoms with Crippen LogP contribution in [-0.2, 0) is 12.7 Å². The Balaban J connectivity index is 1.67. The largest absolute Gasteiger partial charge is 0.433 e. The summed E-state index contributed by atoms with van der Waals surface area (Å²) in [6.07, 6.45) is 0.908. The molecule has 0 amide bonds. The monoisotopic (exact) mass is 325 g/mol. The highest BCUT2D eigenvalue weighted by Gasteiger charge is 2.32. The zero-order valence-corrected chi connectivity index (χ0v) is 12.6. The molecule has 0 saturated carbocycles. The van der Waals surface area contributed by atoms with E-state index in [0.29, 0.717) is 12.2 Å².